The van der Waals surface area contributed by atoms with Crippen molar-refractivity contribution in [2.24, 2.45) is 0 Å². The molecule has 1 aromatic heterocycles. The lowest BCUT2D eigenvalue weighted by molar-refractivity contribution is -0.154. The van der Waals surface area contributed by atoms with Gasteiger partial charge in [0.15, 0.2) is 12.4 Å². The maximum atomic E-state index is 12.7. The van der Waals surface area contributed by atoms with E-state index in [1.807, 2.05) is 0 Å². The zero-order chi connectivity index (χ0) is 26.3. The molecule has 0 atom stereocenters. The van der Waals surface area contributed by atoms with E-state index >= 15 is 0 Å². The van der Waals surface area contributed by atoms with Crippen molar-refractivity contribution in [2.45, 2.75) is 38.4 Å². The van der Waals surface area contributed by atoms with E-state index in [-0.39, 0.29) is 30.1 Å². The average molecular weight is 515 g/mol. The number of alkyl halides is 3. The number of rotatable bonds is 2. The van der Waals surface area contributed by atoms with Crippen LogP contribution in [-0.2, 0) is 6.54 Å². The highest BCUT2D eigenvalue weighted by atomic mass is 19.4. The van der Waals surface area contributed by atoms with Gasteiger partial charge < -0.3 is 20.7 Å². The largest absolute Gasteiger partial charge is 0.454 e. The van der Waals surface area contributed by atoms with Crippen molar-refractivity contribution >= 4 is 29.3 Å². The molecule has 9 nitrogen and oxygen atoms in total. The van der Waals surface area contributed by atoms with Gasteiger partial charge in [0.2, 0.25) is 11.9 Å². The molecule has 3 N–H and O–H groups in total. The second-order valence-corrected chi connectivity index (χ2v) is 8.41. The van der Waals surface area contributed by atoms with Crippen molar-refractivity contribution in [2.75, 3.05) is 23.8 Å². The highest BCUT2D eigenvalue weighted by Gasteiger charge is 2.29. The van der Waals surface area contributed by atoms with Crippen LogP contribution in [0.5, 0.6) is 6.01 Å². The summed E-state index contributed by atoms with van der Waals surface area (Å²) in [5.74, 6) is -0.257. The summed E-state index contributed by atoms with van der Waals surface area (Å²) in [7, 11) is 0. The van der Waals surface area contributed by atoms with Crippen LogP contribution in [0.1, 0.15) is 52.0 Å². The van der Waals surface area contributed by atoms with E-state index in [1.54, 1.807) is 48.5 Å². The molecule has 37 heavy (non-hydrogen) atoms. The van der Waals surface area contributed by atoms with Gasteiger partial charge in [-0.05, 0) is 42.7 Å². The standard InChI is InChI=1S/C25H25F3N6O3/c26-25(27,28)15-37-24-33-22-30-14-16-5-7-17(8-6-16)20(35)4-2-1-3-13-29-21(36)18-9-11-19(12-10-18)31-23(32-22)34-24/h5-12H,1-4,13-15H2,(H,29,36)(H2,30,31,32,33,34). The Kier molecular flexibility index (Phi) is 8.16. The first kappa shape index (κ1) is 25.9. The molecule has 4 aliphatic rings. The first-order valence-electron chi connectivity index (χ1n) is 11.7. The molecule has 0 aliphatic carbocycles. The van der Waals surface area contributed by atoms with E-state index in [1.165, 1.54) is 0 Å². The minimum absolute atomic E-state index is 0.00651. The summed E-state index contributed by atoms with van der Waals surface area (Å²) in [5.41, 5.74) is 2.37. The van der Waals surface area contributed by atoms with Gasteiger partial charge in [0.05, 0.1) is 0 Å². The zero-order valence-electron chi connectivity index (χ0n) is 19.8. The van der Waals surface area contributed by atoms with Gasteiger partial charge in [-0.3, -0.25) is 9.59 Å². The molecule has 0 saturated heterocycles. The molecule has 0 unspecified atom stereocenters. The van der Waals surface area contributed by atoms with Crippen LogP contribution in [0.25, 0.3) is 0 Å². The molecule has 194 valence electrons. The van der Waals surface area contributed by atoms with Gasteiger partial charge in [0.1, 0.15) is 0 Å². The second-order valence-electron chi connectivity index (χ2n) is 8.41. The molecule has 5 heterocycles. The molecule has 6 bridgehead atoms. The molecule has 4 aliphatic heterocycles. The number of benzene rings is 2. The minimum atomic E-state index is -4.57. The maximum Gasteiger partial charge on any atom is 0.422 e. The molecule has 0 saturated carbocycles. The van der Waals surface area contributed by atoms with E-state index in [4.69, 9.17) is 4.74 Å². The second kappa shape index (κ2) is 11.7. The van der Waals surface area contributed by atoms with Crippen LogP contribution in [0, 0.1) is 0 Å². The number of aromatic nitrogens is 3. The van der Waals surface area contributed by atoms with Crippen LogP contribution >= 0.6 is 0 Å². The fourth-order valence-electron chi connectivity index (χ4n) is 3.56. The first-order chi connectivity index (χ1) is 17.7. The third-order valence-corrected chi connectivity index (χ3v) is 5.48. The molecule has 3 aromatic rings. The molecule has 12 heteroatoms. The molecular formula is C25H25F3N6O3. The summed E-state index contributed by atoms with van der Waals surface area (Å²) in [6.45, 7) is -0.821. The van der Waals surface area contributed by atoms with E-state index < -0.39 is 18.8 Å². The lowest BCUT2D eigenvalue weighted by Crippen LogP contribution is -2.24. The van der Waals surface area contributed by atoms with Crippen molar-refractivity contribution in [3.05, 3.63) is 65.2 Å². The summed E-state index contributed by atoms with van der Waals surface area (Å²) in [5, 5.41) is 8.69. The Morgan fingerprint density at radius 3 is 2.24 bits per heavy atom. The molecule has 0 spiro atoms. The molecule has 1 amide bonds. The third-order valence-electron chi connectivity index (χ3n) is 5.48. The Hall–Kier alpha value is -4.22. The summed E-state index contributed by atoms with van der Waals surface area (Å²) >= 11 is 0. The monoisotopic (exact) mass is 514 g/mol. The summed E-state index contributed by atoms with van der Waals surface area (Å²) in [4.78, 5) is 36.9. The normalized spacial score (nSPS) is 15.1. The van der Waals surface area contributed by atoms with Crippen molar-refractivity contribution in [1.82, 2.24) is 20.3 Å². The minimum Gasteiger partial charge on any atom is -0.454 e. The maximum absolute atomic E-state index is 12.7. The predicted octanol–water partition coefficient (Wildman–Crippen LogP) is 4.65. The Morgan fingerprint density at radius 2 is 1.51 bits per heavy atom. The molecule has 0 fully saturated rings. The van der Waals surface area contributed by atoms with Crippen molar-refractivity contribution in [1.29, 1.82) is 0 Å². The van der Waals surface area contributed by atoms with E-state index in [0.29, 0.717) is 29.8 Å². The van der Waals surface area contributed by atoms with Crippen LogP contribution < -0.4 is 20.7 Å². The van der Waals surface area contributed by atoms with Crippen molar-refractivity contribution in [3.63, 3.8) is 0 Å². The number of nitrogens with zero attached hydrogens (tertiary/aromatic N) is 3. The molecule has 2 aromatic carbocycles. The van der Waals surface area contributed by atoms with Crippen molar-refractivity contribution < 1.29 is 27.5 Å². The molecule has 0 radical (unpaired) electrons. The lowest BCUT2D eigenvalue weighted by Gasteiger charge is -2.12. The molecular weight excluding hydrogens is 489 g/mol. The number of Topliss-reactive ketones (excluding diaryl/α,β-unsaturated/α-hetero) is 1. The number of halogens is 3. The van der Waals surface area contributed by atoms with Gasteiger partial charge in [-0.25, -0.2) is 0 Å². The van der Waals surface area contributed by atoms with E-state index in [0.717, 1.165) is 24.8 Å². The van der Waals surface area contributed by atoms with Crippen LogP contribution in [0.15, 0.2) is 48.5 Å². The fourth-order valence-corrected chi connectivity index (χ4v) is 3.56. The van der Waals surface area contributed by atoms with Gasteiger partial charge >= 0.3 is 12.2 Å². The number of nitrogens with one attached hydrogen (secondary N) is 3. The lowest BCUT2D eigenvalue weighted by atomic mass is 10.0. The smallest absolute Gasteiger partial charge is 0.422 e. The van der Waals surface area contributed by atoms with Crippen LogP contribution in [-0.4, -0.2) is 46.0 Å². The summed E-state index contributed by atoms with van der Waals surface area (Å²) < 4.78 is 42.8. The highest BCUT2D eigenvalue weighted by Crippen LogP contribution is 2.21. The Labute approximate surface area is 210 Å². The fraction of sp³-hybridized carbons (Fsp3) is 0.320. The van der Waals surface area contributed by atoms with Gasteiger partial charge in [-0.1, -0.05) is 30.7 Å². The molecule has 7 rings (SSSR count). The number of amides is 1. The quantitative estimate of drug-likeness (QED) is 0.452. The highest BCUT2D eigenvalue weighted by molar-refractivity contribution is 5.96. The third kappa shape index (κ3) is 7.89. The summed E-state index contributed by atoms with van der Waals surface area (Å²) in [6.07, 6.45) is -1.86. The van der Waals surface area contributed by atoms with E-state index in [2.05, 4.69) is 30.9 Å². The number of hydrogen-bond donors (Lipinski definition) is 3. The number of ketones is 1. The number of carbonyl (C=O) groups excluding carboxylic acids is 2. The zero-order valence-corrected chi connectivity index (χ0v) is 19.8. The topological polar surface area (TPSA) is 118 Å². The number of carbonyl (C=O) groups is 2. The van der Waals surface area contributed by atoms with Crippen molar-refractivity contribution in [3.8, 4) is 6.01 Å². The predicted molar refractivity (Wildman–Crippen MR) is 130 cm³/mol. The number of ether oxygens (including phenoxy) is 1. The summed E-state index contributed by atoms with van der Waals surface area (Å²) in [6, 6.07) is 13.0. The van der Waals surface area contributed by atoms with Crippen LogP contribution in [0.2, 0.25) is 0 Å². The number of hydrogen-bond acceptors (Lipinski definition) is 8. The van der Waals surface area contributed by atoms with Gasteiger partial charge in [0, 0.05) is 36.3 Å². The first-order valence-corrected chi connectivity index (χ1v) is 11.7. The Balaban J connectivity index is 1.59. The Morgan fingerprint density at radius 1 is 0.811 bits per heavy atom. The van der Waals surface area contributed by atoms with Gasteiger partial charge in [0.25, 0.3) is 5.91 Å². The van der Waals surface area contributed by atoms with Gasteiger partial charge in [-0.15, -0.1) is 0 Å². The number of anilines is 3. The SMILES string of the molecule is O=C1CCCCCNC(=O)c2ccc(cc2)Nc2nc(nc(OCC(F)(F)F)n2)NCc2ccc1cc2. The van der Waals surface area contributed by atoms with Crippen LogP contribution in [0.4, 0.5) is 30.8 Å². The average Bonchev–Trinajstić information content (AvgIpc) is 2.88. The van der Waals surface area contributed by atoms with E-state index in [9.17, 15) is 22.8 Å². The Bertz CT molecular complexity index is 1230. The van der Waals surface area contributed by atoms with Crippen LogP contribution in [0.3, 0.4) is 0 Å². The van der Waals surface area contributed by atoms with Gasteiger partial charge in [-0.2, -0.15) is 28.1 Å².